The number of nitrogens with zero attached hydrogens (tertiary/aromatic N) is 5. The van der Waals surface area contributed by atoms with Crippen LogP contribution in [0, 0.1) is 5.41 Å². The van der Waals surface area contributed by atoms with Crippen LogP contribution in [0.25, 0.3) is 11.1 Å². The molecule has 0 saturated carbocycles. The average molecular weight is 447 g/mol. The number of carbonyl (C=O) groups is 2. The molecular weight excluding hydrogens is 416 g/mol. The summed E-state index contributed by atoms with van der Waals surface area (Å²) in [6, 6.07) is 9.77. The van der Waals surface area contributed by atoms with E-state index in [1.807, 2.05) is 32.0 Å². The van der Waals surface area contributed by atoms with Gasteiger partial charge in [-0.2, -0.15) is 5.10 Å². The maximum absolute atomic E-state index is 13.6. The molecule has 2 aromatic heterocycles. The van der Waals surface area contributed by atoms with Crippen LogP contribution in [0.1, 0.15) is 42.7 Å². The smallest absolute Gasteiger partial charge is 0.272 e. The molecule has 0 bridgehead atoms. The third kappa shape index (κ3) is 4.79. The number of benzene rings is 1. The van der Waals surface area contributed by atoms with Crippen molar-refractivity contribution in [3.63, 3.8) is 0 Å². The zero-order valence-corrected chi connectivity index (χ0v) is 19.4. The summed E-state index contributed by atoms with van der Waals surface area (Å²) in [5.41, 5.74) is 2.75. The number of amides is 2. The third-order valence-electron chi connectivity index (χ3n) is 6.22. The van der Waals surface area contributed by atoms with Gasteiger partial charge in [0.1, 0.15) is 12.0 Å². The van der Waals surface area contributed by atoms with Gasteiger partial charge in [0.05, 0.1) is 5.41 Å². The molecular formula is C25H30N6O2. The number of hydrogen-bond donors (Lipinski definition) is 1. The number of rotatable bonds is 6. The first-order valence-corrected chi connectivity index (χ1v) is 11.3. The van der Waals surface area contributed by atoms with Crippen LogP contribution >= 0.6 is 0 Å². The van der Waals surface area contributed by atoms with Gasteiger partial charge in [0.15, 0.2) is 0 Å². The number of carbonyl (C=O) groups excluding carboxylic acids is 2. The Labute approximate surface area is 194 Å². The van der Waals surface area contributed by atoms with Gasteiger partial charge in [-0.15, -0.1) is 0 Å². The summed E-state index contributed by atoms with van der Waals surface area (Å²) < 4.78 is 1.58. The SMILES string of the molecule is CC(C)NC(=O)[C@@]1(Cc2ccccc2-c2cncnc2)CCCN(C(=O)c2ccnn2C)C1. The van der Waals surface area contributed by atoms with Crippen LogP contribution in [0.4, 0.5) is 0 Å². The average Bonchev–Trinajstić information content (AvgIpc) is 3.25. The normalized spacial score (nSPS) is 18.4. The van der Waals surface area contributed by atoms with E-state index in [1.165, 1.54) is 6.33 Å². The molecule has 0 aliphatic carbocycles. The minimum absolute atomic E-state index is 0.00953. The highest BCUT2D eigenvalue weighted by Gasteiger charge is 2.44. The predicted octanol–water partition coefficient (Wildman–Crippen LogP) is 2.87. The lowest BCUT2D eigenvalue weighted by atomic mass is 9.73. The summed E-state index contributed by atoms with van der Waals surface area (Å²) in [4.78, 5) is 37.0. The quantitative estimate of drug-likeness (QED) is 0.629. The van der Waals surface area contributed by atoms with Crippen molar-refractivity contribution in [2.24, 2.45) is 12.5 Å². The van der Waals surface area contributed by atoms with Crippen molar-refractivity contribution in [1.29, 1.82) is 0 Å². The molecule has 3 aromatic rings. The van der Waals surface area contributed by atoms with Gasteiger partial charge < -0.3 is 10.2 Å². The second kappa shape index (κ2) is 9.52. The molecule has 2 amide bonds. The molecule has 8 heteroatoms. The predicted molar refractivity (Wildman–Crippen MR) is 125 cm³/mol. The van der Waals surface area contributed by atoms with Gasteiger partial charge in [-0.3, -0.25) is 14.3 Å². The molecule has 1 fully saturated rings. The van der Waals surface area contributed by atoms with E-state index >= 15 is 0 Å². The number of hydrogen-bond acceptors (Lipinski definition) is 5. The van der Waals surface area contributed by atoms with E-state index in [9.17, 15) is 9.59 Å². The van der Waals surface area contributed by atoms with Crippen molar-refractivity contribution in [2.45, 2.75) is 39.2 Å². The van der Waals surface area contributed by atoms with Crippen molar-refractivity contribution in [1.82, 2.24) is 30.0 Å². The fourth-order valence-electron chi connectivity index (χ4n) is 4.63. The van der Waals surface area contributed by atoms with Crippen LogP contribution in [-0.2, 0) is 18.3 Å². The second-order valence-electron chi connectivity index (χ2n) is 9.04. The van der Waals surface area contributed by atoms with Crippen LogP contribution in [0.2, 0.25) is 0 Å². The first kappa shape index (κ1) is 22.6. The second-order valence-corrected chi connectivity index (χ2v) is 9.04. The molecule has 8 nitrogen and oxygen atoms in total. The molecule has 1 aliphatic rings. The first-order valence-electron chi connectivity index (χ1n) is 11.3. The number of likely N-dealkylation sites (tertiary alicyclic amines) is 1. The zero-order chi connectivity index (χ0) is 23.4. The molecule has 1 saturated heterocycles. The van der Waals surface area contributed by atoms with E-state index in [0.29, 0.717) is 31.6 Å². The summed E-state index contributed by atoms with van der Waals surface area (Å²) in [6.07, 6.45) is 8.68. The Morgan fingerprint density at radius 1 is 1.15 bits per heavy atom. The van der Waals surface area contributed by atoms with Gasteiger partial charge in [0.2, 0.25) is 5.91 Å². The van der Waals surface area contributed by atoms with Gasteiger partial charge in [-0.25, -0.2) is 9.97 Å². The van der Waals surface area contributed by atoms with Gasteiger partial charge in [-0.1, -0.05) is 24.3 Å². The molecule has 33 heavy (non-hydrogen) atoms. The Balaban J connectivity index is 1.70. The van der Waals surface area contributed by atoms with Gasteiger partial charge in [-0.05, 0) is 50.3 Å². The lowest BCUT2D eigenvalue weighted by Crippen LogP contribution is -2.55. The molecule has 4 rings (SSSR count). The molecule has 1 aromatic carbocycles. The molecule has 3 heterocycles. The topological polar surface area (TPSA) is 93.0 Å². The summed E-state index contributed by atoms with van der Waals surface area (Å²) in [5, 5.41) is 7.25. The van der Waals surface area contributed by atoms with Crippen LogP contribution in [-0.4, -0.2) is 55.6 Å². The van der Waals surface area contributed by atoms with Crippen LogP contribution in [0.3, 0.4) is 0 Å². The van der Waals surface area contributed by atoms with Gasteiger partial charge in [0, 0.05) is 50.3 Å². The molecule has 0 radical (unpaired) electrons. The summed E-state index contributed by atoms with van der Waals surface area (Å²) >= 11 is 0. The molecule has 0 spiro atoms. The minimum atomic E-state index is -0.734. The van der Waals surface area contributed by atoms with E-state index in [4.69, 9.17) is 0 Å². The van der Waals surface area contributed by atoms with Crippen molar-refractivity contribution in [3.05, 3.63) is 66.5 Å². The fraction of sp³-hybridized carbons (Fsp3) is 0.400. The van der Waals surface area contributed by atoms with E-state index in [-0.39, 0.29) is 17.9 Å². The minimum Gasteiger partial charge on any atom is -0.353 e. The van der Waals surface area contributed by atoms with E-state index in [0.717, 1.165) is 23.1 Å². The van der Waals surface area contributed by atoms with Crippen LogP contribution < -0.4 is 5.32 Å². The molecule has 1 N–H and O–H groups in total. The third-order valence-corrected chi connectivity index (χ3v) is 6.22. The molecule has 1 aliphatic heterocycles. The maximum Gasteiger partial charge on any atom is 0.272 e. The highest BCUT2D eigenvalue weighted by molar-refractivity contribution is 5.93. The zero-order valence-electron chi connectivity index (χ0n) is 19.4. The van der Waals surface area contributed by atoms with Crippen LogP contribution in [0.5, 0.6) is 0 Å². The Kier molecular flexibility index (Phi) is 6.53. The van der Waals surface area contributed by atoms with E-state index in [1.54, 1.807) is 41.3 Å². The number of nitrogens with one attached hydrogen (secondary N) is 1. The lowest BCUT2D eigenvalue weighted by Gasteiger charge is -2.42. The number of aromatic nitrogens is 4. The Hall–Kier alpha value is -3.55. The number of piperidine rings is 1. The molecule has 1 atom stereocenters. The van der Waals surface area contributed by atoms with E-state index < -0.39 is 5.41 Å². The standard InChI is InChI=1S/C25H30N6O2/c1-18(2)29-24(33)25(10-6-12-31(16-25)23(32)22-9-11-28-30(22)3)13-19-7-4-5-8-21(19)20-14-26-17-27-15-20/h4-5,7-9,11,14-15,17-18H,6,10,12-13,16H2,1-3H3,(H,29,33)/t25-/m1/s1. The van der Waals surface area contributed by atoms with Crippen molar-refractivity contribution >= 4 is 11.8 Å². The van der Waals surface area contributed by atoms with Crippen molar-refractivity contribution < 1.29 is 9.59 Å². The summed E-state index contributed by atoms with van der Waals surface area (Å²) in [6.45, 7) is 4.90. The summed E-state index contributed by atoms with van der Waals surface area (Å²) in [5.74, 6) is -0.111. The monoisotopic (exact) mass is 446 g/mol. The van der Waals surface area contributed by atoms with Gasteiger partial charge >= 0.3 is 0 Å². The largest absolute Gasteiger partial charge is 0.353 e. The van der Waals surface area contributed by atoms with Crippen molar-refractivity contribution in [3.8, 4) is 11.1 Å². The molecule has 0 unspecified atom stereocenters. The van der Waals surface area contributed by atoms with Gasteiger partial charge in [0.25, 0.3) is 5.91 Å². The fourth-order valence-corrected chi connectivity index (χ4v) is 4.63. The lowest BCUT2D eigenvalue weighted by molar-refractivity contribution is -0.134. The first-order chi connectivity index (χ1) is 15.9. The Morgan fingerprint density at radius 2 is 1.91 bits per heavy atom. The Morgan fingerprint density at radius 3 is 2.61 bits per heavy atom. The van der Waals surface area contributed by atoms with Crippen LogP contribution in [0.15, 0.2) is 55.2 Å². The van der Waals surface area contributed by atoms with E-state index in [2.05, 4.69) is 26.4 Å². The highest BCUT2D eigenvalue weighted by Crippen LogP contribution is 2.37. The Bertz CT molecular complexity index is 1130. The molecule has 172 valence electrons. The number of aryl methyl sites for hydroxylation is 1. The maximum atomic E-state index is 13.6. The summed E-state index contributed by atoms with van der Waals surface area (Å²) in [7, 11) is 1.76. The van der Waals surface area contributed by atoms with Crippen molar-refractivity contribution in [2.75, 3.05) is 13.1 Å². The highest BCUT2D eigenvalue weighted by atomic mass is 16.2.